The highest BCUT2D eigenvalue weighted by Crippen LogP contribution is 2.22. The third-order valence-corrected chi connectivity index (χ3v) is 3.68. The van der Waals surface area contributed by atoms with Gasteiger partial charge in [-0.05, 0) is 18.2 Å². The van der Waals surface area contributed by atoms with Crippen LogP contribution in [0.1, 0.15) is 0 Å². The Morgan fingerprint density at radius 1 is 1.32 bits per heavy atom. The van der Waals surface area contributed by atoms with Crippen LogP contribution in [0, 0.1) is 5.21 Å². The number of likely N-dealkylation sites (N-methyl/N-ethyl adjacent to an activating group) is 1. The minimum Gasteiger partial charge on any atom is -0.857 e. The molecule has 0 radical (unpaired) electrons. The summed E-state index contributed by atoms with van der Waals surface area (Å²) in [5, 5.41) is 38.2. The molecule has 9 heteroatoms. The third kappa shape index (κ3) is 4.36. The number of H-pyrrole nitrogens is 1. The minimum absolute atomic E-state index is 0.0245. The van der Waals surface area contributed by atoms with Crippen LogP contribution < -0.4 is 15.4 Å². The van der Waals surface area contributed by atoms with Crippen molar-refractivity contribution in [1.82, 2.24) is 10.2 Å². The Balaban J connectivity index is 0.000000277. The van der Waals surface area contributed by atoms with E-state index in [4.69, 9.17) is 16.7 Å². The highest BCUT2D eigenvalue weighted by Gasteiger charge is 2.15. The normalized spacial score (nSPS) is 11.4. The number of quaternary nitrogens is 1. The second-order valence-electron chi connectivity index (χ2n) is 6.50. The maximum atomic E-state index is 12.1. The van der Waals surface area contributed by atoms with Crippen LogP contribution >= 0.6 is 11.6 Å². The van der Waals surface area contributed by atoms with Gasteiger partial charge >= 0.3 is 5.56 Å². The van der Waals surface area contributed by atoms with Gasteiger partial charge in [0.1, 0.15) is 6.54 Å². The van der Waals surface area contributed by atoms with Crippen LogP contribution in [0.4, 0.5) is 0 Å². The van der Waals surface area contributed by atoms with E-state index in [0.717, 1.165) is 11.0 Å². The maximum Gasteiger partial charge on any atom is 0.338 e. The van der Waals surface area contributed by atoms with Gasteiger partial charge in [-0.15, -0.1) is 0 Å². The molecule has 0 spiro atoms. The summed E-state index contributed by atoms with van der Waals surface area (Å²) in [5.74, 6) is -0.656. The SMILES string of the molecule is C[N+](C)(C)CCO.O=c1[nH]nc([O-])c2cc3cc(Cl)ccc3[n+]([O-])c12. The molecule has 0 unspecified atom stereocenters. The van der Waals surface area contributed by atoms with Crippen LogP contribution in [0.25, 0.3) is 21.8 Å². The Morgan fingerprint density at radius 3 is 2.56 bits per heavy atom. The van der Waals surface area contributed by atoms with Gasteiger partial charge in [-0.25, -0.2) is 5.10 Å². The maximum absolute atomic E-state index is 12.1. The van der Waals surface area contributed by atoms with E-state index in [-0.39, 0.29) is 23.0 Å². The van der Waals surface area contributed by atoms with Crippen molar-refractivity contribution in [2.24, 2.45) is 0 Å². The van der Waals surface area contributed by atoms with Crippen molar-refractivity contribution in [1.29, 1.82) is 0 Å². The van der Waals surface area contributed by atoms with Gasteiger partial charge in [0, 0.05) is 22.4 Å². The van der Waals surface area contributed by atoms with Gasteiger partial charge in [-0.1, -0.05) is 11.6 Å². The zero-order valence-electron chi connectivity index (χ0n) is 14.1. The molecule has 3 rings (SSSR count). The number of aliphatic hydroxyl groups is 1. The van der Waals surface area contributed by atoms with Gasteiger partial charge in [-0.3, -0.25) is 4.79 Å². The summed E-state index contributed by atoms with van der Waals surface area (Å²) >= 11 is 5.82. The number of rotatable bonds is 2. The van der Waals surface area contributed by atoms with Gasteiger partial charge in [0.15, 0.2) is 0 Å². The Hall–Kier alpha value is -2.42. The lowest BCUT2D eigenvalue weighted by Crippen LogP contribution is -2.36. The van der Waals surface area contributed by atoms with Crippen LogP contribution in [0.2, 0.25) is 5.02 Å². The molecule has 2 heterocycles. The zero-order chi connectivity index (χ0) is 18.8. The highest BCUT2D eigenvalue weighted by atomic mass is 35.5. The average Bonchev–Trinajstić information content (AvgIpc) is 2.50. The minimum atomic E-state index is -0.698. The van der Waals surface area contributed by atoms with Crippen molar-refractivity contribution in [3.8, 4) is 5.88 Å². The summed E-state index contributed by atoms with van der Waals surface area (Å²) in [7, 11) is 6.16. The van der Waals surface area contributed by atoms with E-state index in [9.17, 15) is 15.1 Å². The van der Waals surface area contributed by atoms with Gasteiger partial charge in [0.05, 0.1) is 33.1 Å². The summed E-state index contributed by atoms with van der Waals surface area (Å²) in [6.07, 6.45) is 0. The number of hydrogen-bond donors (Lipinski definition) is 2. The number of nitrogens with one attached hydrogen (secondary N) is 1. The van der Waals surface area contributed by atoms with Crippen molar-refractivity contribution < 1.29 is 19.4 Å². The number of aromatic nitrogens is 3. The van der Waals surface area contributed by atoms with E-state index >= 15 is 0 Å². The Labute approximate surface area is 148 Å². The van der Waals surface area contributed by atoms with E-state index in [0.29, 0.717) is 15.1 Å². The Bertz CT molecular complexity index is 966. The van der Waals surface area contributed by atoms with Crippen molar-refractivity contribution in [2.45, 2.75) is 0 Å². The molecule has 2 aromatic heterocycles. The molecule has 0 aliphatic heterocycles. The molecule has 0 bridgehead atoms. The fourth-order valence-corrected chi connectivity index (χ4v) is 2.35. The number of aromatic amines is 1. The molecule has 0 fully saturated rings. The van der Waals surface area contributed by atoms with Gasteiger partial charge in [0.2, 0.25) is 5.52 Å². The fourth-order valence-electron chi connectivity index (χ4n) is 2.17. The second-order valence-corrected chi connectivity index (χ2v) is 6.94. The van der Waals surface area contributed by atoms with Crippen LogP contribution in [-0.4, -0.2) is 54.1 Å². The van der Waals surface area contributed by atoms with Crippen molar-refractivity contribution >= 4 is 33.4 Å². The van der Waals surface area contributed by atoms with Gasteiger partial charge in [-0.2, -0.15) is 9.83 Å². The summed E-state index contributed by atoms with van der Waals surface area (Å²) in [6, 6.07) is 6.02. The molecule has 8 nitrogen and oxygen atoms in total. The first-order valence-electron chi connectivity index (χ1n) is 7.46. The molecule has 3 aromatic rings. The standard InChI is InChI=1S/C11H6ClN3O3.C5H14NO/c12-6-1-2-8-5(3-6)4-7-9(15(8)18)11(17)14-13-10(7)16;1-6(2,3)4-5-7/h1-4H,(H,13,16)(H,14,17);7H,4-5H2,1-3H3/q;+1/p-1. The smallest absolute Gasteiger partial charge is 0.338 e. The average molecular weight is 367 g/mol. The van der Waals surface area contributed by atoms with Crippen LogP contribution in [0.3, 0.4) is 0 Å². The molecule has 134 valence electrons. The molecule has 0 atom stereocenters. The van der Waals surface area contributed by atoms with E-state index in [2.05, 4.69) is 26.2 Å². The van der Waals surface area contributed by atoms with Gasteiger partial charge < -0.3 is 19.9 Å². The quantitative estimate of drug-likeness (QED) is 0.289. The summed E-state index contributed by atoms with van der Waals surface area (Å²) in [6.45, 7) is 1.11. The first-order valence-corrected chi connectivity index (χ1v) is 7.84. The van der Waals surface area contributed by atoms with Crippen molar-refractivity contribution in [3.63, 3.8) is 0 Å². The fraction of sp³-hybridized carbons (Fsp3) is 0.312. The van der Waals surface area contributed by atoms with Crippen LogP contribution in [0.5, 0.6) is 5.88 Å². The lowest BCUT2D eigenvalue weighted by Gasteiger charge is -2.21. The van der Waals surface area contributed by atoms with E-state index in [1.165, 1.54) is 18.2 Å². The first-order chi connectivity index (χ1) is 11.6. The van der Waals surface area contributed by atoms with Crippen LogP contribution in [0.15, 0.2) is 29.1 Å². The molecule has 0 saturated heterocycles. The largest absolute Gasteiger partial charge is 0.857 e. The predicted molar refractivity (Wildman–Crippen MR) is 93.3 cm³/mol. The van der Waals surface area contributed by atoms with Crippen molar-refractivity contribution in [2.75, 3.05) is 34.3 Å². The molecular weight excluding hydrogens is 348 g/mol. The monoisotopic (exact) mass is 366 g/mol. The molecular formula is C16H19ClN4O4. The number of benzene rings is 1. The van der Waals surface area contributed by atoms with E-state index in [1.807, 2.05) is 5.10 Å². The lowest BCUT2D eigenvalue weighted by molar-refractivity contribution is -0.870. The molecule has 2 N–H and O–H groups in total. The number of pyridine rings is 1. The highest BCUT2D eigenvalue weighted by molar-refractivity contribution is 6.31. The van der Waals surface area contributed by atoms with Gasteiger partial charge in [0.25, 0.3) is 5.52 Å². The molecule has 0 saturated carbocycles. The second kappa shape index (κ2) is 7.22. The molecule has 0 aliphatic rings. The van der Waals surface area contributed by atoms with E-state index in [1.54, 1.807) is 6.07 Å². The number of nitrogens with zero attached hydrogens (tertiary/aromatic N) is 3. The lowest BCUT2D eigenvalue weighted by atomic mass is 10.1. The Kier molecular flexibility index (Phi) is 5.46. The molecule has 0 aliphatic carbocycles. The Morgan fingerprint density at radius 2 is 2.00 bits per heavy atom. The first kappa shape index (κ1) is 18.9. The number of aliphatic hydroxyl groups excluding tert-OH is 1. The van der Waals surface area contributed by atoms with E-state index < -0.39 is 11.4 Å². The molecule has 1 aromatic carbocycles. The number of halogens is 1. The van der Waals surface area contributed by atoms with Crippen molar-refractivity contribution in [3.05, 3.63) is 44.8 Å². The molecule has 0 amide bonds. The summed E-state index contributed by atoms with van der Waals surface area (Å²) < 4.78 is 1.26. The molecule has 25 heavy (non-hydrogen) atoms. The zero-order valence-corrected chi connectivity index (χ0v) is 14.9. The number of hydrogen-bond acceptors (Lipinski definition) is 5. The van der Waals surface area contributed by atoms with Crippen LogP contribution in [-0.2, 0) is 0 Å². The third-order valence-electron chi connectivity index (χ3n) is 3.44. The summed E-state index contributed by atoms with van der Waals surface area (Å²) in [5.41, 5.74) is -0.677. The predicted octanol–water partition coefficient (Wildman–Crippen LogP) is 0.122. The number of fused-ring (bicyclic) bond motifs is 2. The topological polar surface area (TPSA) is 116 Å². The summed E-state index contributed by atoms with van der Waals surface area (Å²) in [4.78, 5) is 11.6.